The lowest BCUT2D eigenvalue weighted by molar-refractivity contribution is -0.151. The van der Waals surface area contributed by atoms with Crippen LogP contribution in [0.15, 0.2) is 85.1 Å². The molecule has 0 aliphatic rings. The highest BCUT2D eigenvalue weighted by Crippen LogP contribution is 2.17. The van der Waals surface area contributed by atoms with E-state index in [2.05, 4.69) is 56.5 Å². The van der Waals surface area contributed by atoms with E-state index in [1.54, 1.807) is 0 Å². The summed E-state index contributed by atoms with van der Waals surface area (Å²) in [5, 5.41) is 23.7. The molecule has 6 heteroatoms. The fourth-order valence-corrected chi connectivity index (χ4v) is 7.10. The van der Waals surface area contributed by atoms with Gasteiger partial charge in [-0.15, -0.1) is 0 Å². The largest absolute Gasteiger partial charge is 0.462 e. The molecule has 0 aromatic rings. The van der Waals surface area contributed by atoms with E-state index in [0.29, 0.717) is 19.3 Å². The Hall–Kier alpha value is -2.96. The second-order valence-electron chi connectivity index (χ2n) is 16.6. The van der Waals surface area contributed by atoms with Crippen LogP contribution < -0.4 is 5.32 Å². The molecule has 0 aromatic heterocycles. The summed E-state index contributed by atoms with van der Waals surface area (Å²) < 4.78 is 5.89. The molecule has 3 atom stereocenters. The Bertz CT molecular complexity index is 1160. The average molecular weight is 836 g/mol. The fourth-order valence-electron chi connectivity index (χ4n) is 7.10. The van der Waals surface area contributed by atoms with Crippen molar-refractivity contribution in [3.8, 4) is 0 Å². The number of carbonyl (C=O) groups excluding carboxylic acids is 2. The number of ether oxygens (including phenoxy) is 1. The third-order valence-corrected chi connectivity index (χ3v) is 10.9. The van der Waals surface area contributed by atoms with Crippen molar-refractivity contribution in [2.24, 2.45) is 0 Å². The number of amides is 1. The third kappa shape index (κ3) is 41.8. The van der Waals surface area contributed by atoms with Gasteiger partial charge >= 0.3 is 5.97 Å². The van der Waals surface area contributed by atoms with Crippen LogP contribution in [-0.4, -0.2) is 46.9 Å². The van der Waals surface area contributed by atoms with E-state index in [1.165, 1.54) is 89.9 Å². The van der Waals surface area contributed by atoms with E-state index >= 15 is 0 Å². The number of carbonyl (C=O) groups is 2. The molecule has 6 nitrogen and oxygen atoms in total. The molecule has 344 valence electrons. The molecular formula is C54H93NO5. The minimum atomic E-state index is -0.803. The van der Waals surface area contributed by atoms with E-state index in [4.69, 9.17) is 4.74 Å². The van der Waals surface area contributed by atoms with Gasteiger partial charge in [0.2, 0.25) is 5.91 Å². The summed E-state index contributed by atoms with van der Waals surface area (Å²) in [5.41, 5.74) is 0. The Balaban J connectivity index is 4.63. The van der Waals surface area contributed by atoms with Crippen LogP contribution in [0.1, 0.15) is 220 Å². The molecule has 0 rings (SSSR count). The van der Waals surface area contributed by atoms with Crippen molar-refractivity contribution in [3.63, 3.8) is 0 Å². The molecule has 0 aromatic carbocycles. The van der Waals surface area contributed by atoms with E-state index in [0.717, 1.165) is 83.5 Å². The van der Waals surface area contributed by atoms with Gasteiger partial charge in [-0.3, -0.25) is 9.59 Å². The molecule has 0 spiro atoms. The first-order valence-electron chi connectivity index (χ1n) is 24.9. The third-order valence-electron chi connectivity index (χ3n) is 10.9. The van der Waals surface area contributed by atoms with Crippen LogP contribution >= 0.6 is 0 Å². The number of unbranched alkanes of at least 4 members (excludes halogenated alkanes) is 22. The van der Waals surface area contributed by atoms with Gasteiger partial charge in [-0.05, 0) is 70.6 Å². The molecule has 3 unspecified atom stereocenters. The van der Waals surface area contributed by atoms with Crippen molar-refractivity contribution >= 4 is 11.9 Å². The summed E-state index contributed by atoms with van der Waals surface area (Å²) in [6.07, 6.45) is 60.7. The van der Waals surface area contributed by atoms with Crippen LogP contribution in [0.5, 0.6) is 0 Å². The van der Waals surface area contributed by atoms with Crippen molar-refractivity contribution in [2.75, 3.05) is 6.61 Å². The lowest BCUT2D eigenvalue weighted by atomic mass is 10.0. The normalized spacial score (nSPS) is 14.0. The Kier molecular flexibility index (Phi) is 44.8. The van der Waals surface area contributed by atoms with Gasteiger partial charge in [0, 0.05) is 6.42 Å². The maximum Gasteiger partial charge on any atom is 0.306 e. The molecule has 3 N–H and O–H groups in total. The van der Waals surface area contributed by atoms with E-state index in [9.17, 15) is 19.8 Å². The molecule has 0 bridgehead atoms. The number of hydrogen-bond donors (Lipinski definition) is 3. The maximum atomic E-state index is 13.2. The van der Waals surface area contributed by atoms with Crippen molar-refractivity contribution in [1.29, 1.82) is 0 Å². The lowest BCUT2D eigenvalue weighted by Gasteiger charge is -2.24. The number of rotatable bonds is 43. The zero-order chi connectivity index (χ0) is 43.8. The number of hydrogen-bond acceptors (Lipinski definition) is 5. The Morgan fingerprint density at radius 2 is 0.917 bits per heavy atom. The zero-order valence-electron chi connectivity index (χ0n) is 39.1. The van der Waals surface area contributed by atoms with Gasteiger partial charge in [0.1, 0.15) is 6.10 Å². The highest BCUT2D eigenvalue weighted by Gasteiger charge is 2.24. The van der Waals surface area contributed by atoms with Crippen LogP contribution in [0.3, 0.4) is 0 Å². The van der Waals surface area contributed by atoms with E-state index < -0.39 is 18.2 Å². The van der Waals surface area contributed by atoms with Gasteiger partial charge in [-0.25, -0.2) is 0 Å². The minimum Gasteiger partial charge on any atom is -0.462 e. The number of esters is 1. The van der Waals surface area contributed by atoms with Gasteiger partial charge in [0.05, 0.1) is 25.2 Å². The summed E-state index contributed by atoms with van der Waals surface area (Å²) in [6, 6.07) is -0.719. The Morgan fingerprint density at radius 1 is 0.500 bits per heavy atom. The molecular weight excluding hydrogens is 743 g/mol. The van der Waals surface area contributed by atoms with Crippen LogP contribution in [0.4, 0.5) is 0 Å². The smallest absolute Gasteiger partial charge is 0.306 e. The van der Waals surface area contributed by atoms with Crippen LogP contribution in [0.25, 0.3) is 0 Å². The summed E-state index contributed by atoms with van der Waals surface area (Å²) in [4.78, 5) is 26.1. The van der Waals surface area contributed by atoms with Gasteiger partial charge in [0.15, 0.2) is 0 Å². The first-order chi connectivity index (χ1) is 29.5. The highest BCUT2D eigenvalue weighted by atomic mass is 16.5. The molecule has 0 radical (unpaired) electrons. The summed E-state index contributed by atoms with van der Waals surface area (Å²) in [6.45, 7) is 6.29. The van der Waals surface area contributed by atoms with Gasteiger partial charge in [-0.1, -0.05) is 221 Å². The summed E-state index contributed by atoms with van der Waals surface area (Å²) in [5.74, 6) is -0.547. The second-order valence-corrected chi connectivity index (χ2v) is 16.6. The van der Waals surface area contributed by atoms with Gasteiger partial charge in [-0.2, -0.15) is 0 Å². The molecule has 0 saturated heterocycles. The van der Waals surface area contributed by atoms with Crippen molar-refractivity contribution in [2.45, 2.75) is 238 Å². The molecule has 0 saturated carbocycles. The standard InChI is InChI=1S/C54H93NO5/c1-4-7-10-13-16-19-22-24-26-27-28-30-32-35-38-41-44-47-54(59)60-50(45-42-39-36-33-21-18-15-12-9-6-3)48-53(58)55-51(49-56)52(57)46-43-40-37-34-31-29-25-23-20-17-14-11-8-5-2/h7,10,13,16,18-19,21-22,24,26-28,30,32,50-52,56-57H,4-6,8-9,11-12,14-15,17,20,23,25,29,31,33-49H2,1-3H3,(H,55,58)/b10-7-,16-13+,21-18-,22-19+,26-24-,28-27+,32-30+. The molecule has 0 aliphatic carbocycles. The number of nitrogens with one attached hydrogen (secondary N) is 1. The highest BCUT2D eigenvalue weighted by molar-refractivity contribution is 5.77. The predicted octanol–water partition coefficient (Wildman–Crippen LogP) is 14.8. The van der Waals surface area contributed by atoms with E-state index in [1.807, 2.05) is 54.7 Å². The fraction of sp³-hybridized carbons (Fsp3) is 0.704. The second kappa shape index (κ2) is 47.1. The quantitative estimate of drug-likeness (QED) is 0.0246. The van der Waals surface area contributed by atoms with Crippen molar-refractivity contribution < 1.29 is 24.5 Å². The lowest BCUT2D eigenvalue weighted by Crippen LogP contribution is -2.46. The number of allylic oxidation sites excluding steroid dienone is 14. The van der Waals surface area contributed by atoms with Crippen LogP contribution in [0, 0.1) is 0 Å². The Labute approximate surface area is 370 Å². The number of aliphatic hydroxyl groups is 2. The van der Waals surface area contributed by atoms with Crippen molar-refractivity contribution in [3.05, 3.63) is 85.1 Å². The SMILES string of the molecule is CC\C=C/C=C/C=C/C=C\C=C\C=C\CCCCCC(=O)OC(CCCCC/C=C\CCCCC)CC(=O)NC(CO)C(O)CCCCCCCCCCCCCCCC. The molecule has 0 aliphatic heterocycles. The van der Waals surface area contributed by atoms with Gasteiger partial charge in [0.25, 0.3) is 0 Å². The van der Waals surface area contributed by atoms with Gasteiger partial charge < -0.3 is 20.3 Å². The van der Waals surface area contributed by atoms with Crippen LogP contribution in [0.2, 0.25) is 0 Å². The molecule has 60 heavy (non-hydrogen) atoms. The van der Waals surface area contributed by atoms with E-state index in [-0.39, 0.29) is 24.9 Å². The minimum absolute atomic E-state index is 0.0443. The maximum absolute atomic E-state index is 13.2. The van der Waals surface area contributed by atoms with Crippen LogP contribution in [-0.2, 0) is 14.3 Å². The summed E-state index contributed by atoms with van der Waals surface area (Å²) >= 11 is 0. The first kappa shape index (κ1) is 57.0. The zero-order valence-corrected chi connectivity index (χ0v) is 39.1. The summed E-state index contributed by atoms with van der Waals surface area (Å²) in [7, 11) is 0. The topological polar surface area (TPSA) is 95.9 Å². The first-order valence-corrected chi connectivity index (χ1v) is 24.9. The Morgan fingerprint density at radius 3 is 1.45 bits per heavy atom. The molecule has 0 fully saturated rings. The predicted molar refractivity (Wildman–Crippen MR) is 259 cm³/mol. The monoisotopic (exact) mass is 836 g/mol. The number of aliphatic hydroxyl groups excluding tert-OH is 2. The molecule has 1 amide bonds. The molecule has 0 heterocycles. The van der Waals surface area contributed by atoms with Crippen molar-refractivity contribution in [1.82, 2.24) is 5.32 Å². The average Bonchev–Trinajstić information content (AvgIpc) is 3.24.